The maximum Gasteiger partial charge on any atom is 0.435 e. The average Bonchev–Trinajstić information content (AvgIpc) is 3.11. The van der Waals surface area contributed by atoms with Crippen molar-refractivity contribution in [2.75, 3.05) is 6.61 Å². The summed E-state index contributed by atoms with van der Waals surface area (Å²) in [7, 11) is 1.13. The van der Waals surface area contributed by atoms with Gasteiger partial charge in [-0.3, -0.25) is 9.48 Å². The highest BCUT2D eigenvalue weighted by atomic mass is 35.5. The van der Waals surface area contributed by atoms with E-state index in [1.165, 1.54) is 20.8 Å². The van der Waals surface area contributed by atoms with Crippen LogP contribution in [0.5, 0.6) is 0 Å². The molecule has 0 spiro atoms. The number of allylic oxidation sites excluding steroid dienone is 1. The fourth-order valence-corrected chi connectivity index (χ4v) is 3.14. The van der Waals surface area contributed by atoms with E-state index in [9.17, 15) is 36.4 Å². The molecule has 206 valence electrons. The fraction of sp³-hybridized carbons (Fsp3) is 0.417. The summed E-state index contributed by atoms with van der Waals surface area (Å²) in [6.45, 7) is 5.93. The second kappa shape index (κ2) is 11.5. The molecular formula is C24H23ClF6N4O3. The van der Waals surface area contributed by atoms with Gasteiger partial charge in [-0.1, -0.05) is 28.9 Å². The summed E-state index contributed by atoms with van der Waals surface area (Å²) in [5.41, 5.74) is -5.07. The van der Waals surface area contributed by atoms with E-state index in [1.54, 1.807) is 13.0 Å². The fourth-order valence-electron chi connectivity index (χ4n) is 2.93. The summed E-state index contributed by atoms with van der Waals surface area (Å²) in [4.78, 5) is 17.8. The van der Waals surface area contributed by atoms with Crippen molar-refractivity contribution in [3.63, 3.8) is 0 Å². The van der Waals surface area contributed by atoms with Crippen molar-refractivity contribution in [2.45, 2.75) is 46.5 Å². The third-order valence-corrected chi connectivity index (χ3v) is 5.32. The Labute approximate surface area is 219 Å². The number of carbonyl (C=O) groups is 1. The van der Waals surface area contributed by atoms with Gasteiger partial charge in [-0.05, 0) is 45.4 Å². The maximum absolute atomic E-state index is 13.9. The van der Waals surface area contributed by atoms with Crippen LogP contribution >= 0.6 is 11.6 Å². The zero-order chi connectivity index (χ0) is 29.1. The second-order valence-electron chi connectivity index (χ2n) is 8.90. The van der Waals surface area contributed by atoms with Gasteiger partial charge in [0.05, 0.1) is 33.9 Å². The monoisotopic (exact) mass is 564 g/mol. The number of nitrogens with zero attached hydrogens (tertiary/aromatic N) is 4. The van der Waals surface area contributed by atoms with Gasteiger partial charge in [-0.15, -0.1) is 0 Å². The van der Waals surface area contributed by atoms with Crippen LogP contribution in [-0.2, 0) is 33.8 Å². The van der Waals surface area contributed by atoms with Crippen molar-refractivity contribution >= 4 is 29.0 Å². The number of hydrogen-bond donors (Lipinski definition) is 0. The lowest BCUT2D eigenvalue weighted by atomic mass is 9.96. The van der Waals surface area contributed by atoms with Crippen LogP contribution in [0.1, 0.15) is 56.5 Å². The minimum Gasteiger partial charge on any atom is -0.424 e. The number of nitriles is 1. The van der Waals surface area contributed by atoms with Gasteiger partial charge in [-0.25, -0.2) is 0 Å². The molecule has 1 aromatic carbocycles. The van der Waals surface area contributed by atoms with E-state index in [1.807, 2.05) is 0 Å². The van der Waals surface area contributed by atoms with Crippen LogP contribution in [-0.4, -0.2) is 28.1 Å². The number of ether oxygens (including phenoxy) is 1. The lowest BCUT2D eigenvalue weighted by molar-refractivity contribution is -0.147. The number of aryl methyl sites for hydroxylation is 1. The van der Waals surface area contributed by atoms with Gasteiger partial charge in [0, 0.05) is 13.5 Å². The van der Waals surface area contributed by atoms with Crippen LogP contribution < -0.4 is 0 Å². The summed E-state index contributed by atoms with van der Waals surface area (Å²) in [6, 6.07) is 5.38. The first-order valence-electron chi connectivity index (χ1n) is 10.9. The lowest BCUT2D eigenvalue weighted by Crippen LogP contribution is -2.23. The first-order chi connectivity index (χ1) is 17.4. The molecule has 2 aromatic rings. The Kier molecular flexibility index (Phi) is 9.26. The molecule has 0 fully saturated rings. The third-order valence-electron chi connectivity index (χ3n) is 4.88. The summed E-state index contributed by atoms with van der Waals surface area (Å²) in [6.07, 6.45) is -10.3. The molecule has 0 bridgehead atoms. The molecule has 0 aliphatic heterocycles. The largest absolute Gasteiger partial charge is 0.435 e. The van der Waals surface area contributed by atoms with Crippen LogP contribution in [0.4, 0.5) is 26.3 Å². The molecule has 1 heterocycles. The van der Waals surface area contributed by atoms with Gasteiger partial charge in [0.1, 0.15) is 11.8 Å². The Balaban J connectivity index is 2.79. The minimum atomic E-state index is -5.05. The number of aromatic nitrogens is 2. The van der Waals surface area contributed by atoms with E-state index in [-0.39, 0.29) is 17.9 Å². The topological polar surface area (TPSA) is 89.5 Å². The number of oxime groups is 1. The Morgan fingerprint density at radius 1 is 1.11 bits per heavy atom. The number of esters is 1. The van der Waals surface area contributed by atoms with E-state index < -0.39 is 63.5 Å². The molecule has 14 heteroatoms. The Morgan fingerprint density at radius 2 is 1.68 bits per heavy atom. The number of alkyl halides is 6. The number of rotatable bonds is 7. The molecule has 0 atom stereocenters. The first kappa shape index (κ1) is 30.7. The van der Waals surface area contributed by atoms with Crippen LogP contribution in [0.3, 0.4) is 0 Å². The zero-order valence-electron chi connectivity index (χ0n) is 20.9. The lowest BCUT2D eigenvalue weighted by Gasteiger charge is -2.20. The number of benzene rings is 1. The number of halogens is 7. The average molecular weight is 565 g/mol. The Bertz CT molecular complexity index is 1280. The van der Waals surface area contributed by atoms with E-state index in [2.05, 4.69) is 10.3 Å². The first-order valence-corrected chi connectivity index (χ1v) is 11.3. The molecule has 0 radical (unpaired) electrons. The van der Waals surface area contributed by atoms with Crippen molar-refractivity contribution in [2.24, 2.45) is 17.6 Å². The summed E-state index contributed by atoms with van der Waals surface area (Å²) >= 11 is 6.11. The quantitative estimate of drug-likeness (QED) is 0.0925. The maximum atomic E-state index is 13.9. The normalized spacial score (nSPS) is 13.6. The zero-order valence-corrected chi connectivity index (χ0v) is 21.6. The van der Waals surface area contributed by atoms with E-state index >= 15 is 0 Å². The van der Waals surface area contributed by atoms with Crippen LogP contribution in [0, 0.1) is 16.7 Å². The molecule has 0 saturated carbocycles. The van der Waals surface area contributed by atoms with Gasteiger partial charge < -0.3 is 9.57 Å². The van der Waals surface area contributed by atoms with Gasteiger partial charge in [-0.2, -0.15) is 36.7 Å². The molecule has 2 rings (SSSR count). The molecule has 0 unspecified atom stereocenters. The van der Waals surface area contributed by atoms with Crippen molar-refractivity contribution in [3.8, 4) is 6.07 Å². The van der Waals surface area contributed by atoms with Gasteiger partial charge >= 0.3 is 18.3 Å². The molecular weight excluding hydrogens is 542 g/mol. The van der Waals surface area contributed by atoms with Gasteiger partial charge in [0.15, 0.2) is 11.5 Å². The minimum absolute atomic E-state index is 0.0360. The van der Waals surface area contributed by atoms with Crippen LogP contribution in [0.15, 0.2) is 35.0 Å². The highest BCUT2D eigenvalue weighted by Gasteiger charge is 2.42. The molecule has 0 saturated heterocycles. The molecule has 7 nitrogen and oxygen atoms in total. The highest BCUT2D eigenvalue weighted by molar-refractivity contribution is 6.31. The smallest absolute Gasteiger partial charge is 0.424 e. The standard InChI is InChI=1S/C24H23ClF6N4O3/c1-6-37-34-16(13-7-9-15(10-8-13)23(26,27)28)11-14(12-32)18(38-21(36)22(2,3)4)17-19(24(29,30)31)33-35(5)20(17)25/h7-10H,6,11H2,1-5H3. The molecule has 0 N–H and O–H groups in total. The number of carbonyl (C=O) groups excluding carboxylic acids is 1. The van der Waals surface area contributed by atoms with Gasteiger partial charge in [0.2, 0.25) is 0 Å². The highest BCUT2D eigenvalue weighted by Crippen LogP contribution is 2.41. The second-order valence-corrected chi connectivity index (χ2v) is 9.26. The van der Waals surface area contributed by atoms with E-state index in [4.69, 9.17) is 21.2 Å². The molecule has 0 aliphatic rings. The summed E-state index contributed by atoms with van der Waals surface area (Å²) in [5.74, 6) is -1.79. The van der Waals surface area contributed by atoms with E-state index in [0.717, 1.165) is 31.3 Å². The molecule has 0 aliphatic carbocycles. The van der Waals surface area contributed by atoms with Crippen molar-refractivity contribution < 1.29 is 40.7 Å². The number of hydrogen-bond acceptors (Lipinski definition) is 6. The van der Waals surface area contributed by atoms with Crippen LogP contribution in [0.2, 0.25) is 5.15 Å². The van der Waals surface area contributed by atoms with Crippen molar-refractivity contribution in [3.05, 3.63) is 57.4 Å². The van der Waals surface area contributed by atoms with Gasteiger partial charge in [0.25, 0.3) is 0 Å². The third kappa shape index (κ3) is 7.28. The van der Waals surface area contributed by atoms with E-state index in [0.29, 0.717) is 4.68 Å². The predicted molar refractivity (Wildman–Crippen MR) is 126 cm³/mol. The SMILES string of the molecule is CCON=C(CC(C#N)=C(OC(=O)C(C)(C)C)c1c(C(F)(F)F)nn(C)c1Cl)c1ccc(C(F)(F)F)cc1. The van der Waals surface area contributed by atoms with Crippen LogP contribution in [0.25, 0.3) is 5.76 Å². The molecule has 38 heavy (non-hydrogen) atoms. The Hall–Kier alpha value is -3.53. The predicted octanol–water partition coefficient (Wildman–Crippen LogP) is 6.77. The van der Waals surface area contributed by atoms with Crippen molar-refractivity contribution in [1.29, 1.82) is 5.26 Å². The molecule has 0 amide bonds. The summed E-state index contributed by atoms with van der Waals surface area (Å²) in [5, 5.41) is 16.6. The van der Waals surface area contributed by atoms with Crippen molar-refractivity contribution in [1.82, 2.24) is 9.78 Å². The molecule has 1 aromatic heterocycles. The summed E-state index contributed by atoms with van der Waals surface area (Å²) < 4.78 is 86.6. The Morgan fingerprint density at radius 3 is 2.13 bits per heavy atom.